The van der Waals surface area contributed by atoms with Crippen molar-refractivity contribution >= 4 is 23.2 Å². The van der Waals surface area contributed by atoms with Gasteiger partial charge < -0.3 is 9.80 Å². The highest BCUT2D eigenvalue weighted by molar-refractivity contribution is 7.07. The molecule has 2 aliphatic heterocycles. The summed E-state index contributed by atoms with van der Waals surface area (Å²) in [5, 5.41) is 4.17. The highest BCUT2D eigenvalue weighted by atomic mass is 32.1. The standard InChI is InChI=1S/C16H22N2O2S/c1-11(9-13-6-8-21-10-13)18-12(2)15(19)17-7-4-3-5-14(17)16(18)20/h6,8,10-12,14H,3-5,7,9H2,1-2H3. The molecule has 3 rings (SSSR count). The summed E-state index contributed by atoms with van der Waals surface area (Å²) in [4.78, 5) is 29.0. The summed E-state index contributed by atoms with van der Waals surface area (Å²) in [7, 11) is 0. The van der Waals surface area contributed by atoms with Crippen LogP contribution in [0.2, 0.25) is 0 Å². The minimum absolute atomic E-state index is 0.0649. The van der Waals surface area contributed by atoms with Crippen molar-refractivity contribution in [1.82, 2.24) is 9.80 Å². The number of carbonyl (C=O) groups excluding carboxylic acids is 2. The molecule has 0 aliphatic carbocycles. The van der Waals surface area contributed by atoms with Crippen molar-refractivity contribution in [1.29, 1.82) is 0 Å². The van der Waals surface area contributed by atoms with E-state index in [-0.39, 0.29) is 29.9 Å². The Bertz CT molecular complexity index is 528. The molecule has 5 heteroatoms. The quantitative estimate of drug-likeness (QED) is 0.859. The lowest BCUT2D eigenvalue weighted by molar-refractivity contribution is -0.165. The van der Waals surface area contributed by atoms with Crippen molar-refractivity contribution < 1.29 is 9.59 Å². The number of fused-ring (bicyclic) bond motifs is 1. The normalized spacial score (nSPS) is 27.7. The van der Waals surface area contributed by atoms with Gasteiger partial charge in [-0.2, -0.15) is 11.3 Å². The Morgan fingerprint density at radius 3 is 2.86 bits per heavy atom. The fraction of sp³-hybridized carbons (Fsp3) is 0.625. The molecule has 3 unspecified atom stereocenters. The lowest BCUT2D eigenvalue weighted by Crippen LogP contribution is -2.66. The molecule has 4 nitrogen and oxygen atoms in total. The first-order valence-electron chi connectivity index (χ1n) is 7.73. The van der Waals surface area contributed by atoms with Crippen LogP contribution < -0.4 is 0 Å². The van der Waals surface area contributed by atoms with Gasteiger partial charge in [0.05, 0.1) is 0 Å². The average Bonchev–Trinajstić information content (AvgIpc) is 2.98. The third-order valence-corrected chi connectivity index (χ3v) is 5.42. The molecule has 0 saturated carbocycles. The van der Waals surface area contributed by atoms with E-state index in [1.54, 1.807) is 11.3 Å². The fourth-order valence-corrected chi connectivity index (χ4v) is 4.30. The first-order valence-corrected chi connectivity index (χ1v) is 8.67. The maximum atomic E-state index is 12.8. The van der Waals surface area contributed by atoms with Crippen LogP contribution in [-0.4, -0.2) is 46.3 Å². The van der Waals surface area contributed by atoms with E-state index in [0.29, 0.717) is 0 Å². The van der Waals surface area contributed by atoms with Gasteiger partial charge in [-0.15, -0.1) is 0 Å². The Morgan fingerprint density at radius 1 is 1.33 bits per heavy atom. The van der Waals surface area contributed by atoms with E-state index < -0.39 is 0 Å². The van der Waals surface area contributed by atoms with Gasteiger partial charge >= 0.3 is 0 Å². The van der Waals surface area contributed by atoms with Crippen molar-refractivity contribution in [2.24, 2.45) is 0 Å². The molecule has 3 heterocycles. The Balaban J connectivity index is 1.80. The second-order valence-corrected chi connectivity index (χ2v) is 6.93. The van der Waals surface area contributed by atoms with Crippen LogP contribution in [0.25, 0.3) is 0 Å². The van der Waals surface area contributed by atoms with Gasteiger partial charge in [0.2, 0.25) is 11.8 Å². The molecular weight excluding hydrogens is 284 g/mol. The highest BCUT2D eigenvalue weighted by Crippen LogP contribution is 2.28. The molecule has 0 spiro atoms. The third-order valence-electron chi connectivity index (χ3n) is 4.69. The van der Waals surface area contributed by atoms with Gasteiger partial charge in [-0.1, -0.05) is 0 Å². The smallest absolute Gasteiger partial charge is 0.246 e. The van der Waals surface area contributed by atoms with Gasteiger partial charge in [-0.25, -0.2) is 0 Å². The Labute approximate surface area is 129 Å². The lowest BCUT2D eigenvalue weighted by Gasteiger charge is -2.48. The zero-order valence-corrected chi connectivity index (χ0v) is 13.4. The van der Waals surface area contributed by atoms with Crippen LogP contribution in [0, 0.1) is 0 Å². The zero-order valence-electron chi connectivity index (χ0n) is 12.6. The number of amides is 2. The maximum absolute atomic E-state index is 12.8. The highest BCUT2D eigenvalue weighted by Gasteiger charge is 2.46. The predicted molar refractivity (Wildman–Crippen MR) is 83.1 cm³/mol. The van der Waals surface area contributed by atoms with Gasteiger partial charge in [0.25, 0.3) is 0 Å². The number of piperazine rings is 1. The van der Waals surface area contributed by atoms with Crippen molar-refractivity contribution in [3.8, 4) is 0 Å². The number of rotatable bonds is 3. The average molecular weight is 306 g/mol. The molecule has 3 atom stereocenters. The molecule has 0 bridgehead atoms. The van der Waals surface area contributed by atoms with E-state index in [2.05, 4.69) is 23.8 Å². The first kappa shape index (κ1) is 14.6. The number of carbonyl (C=O) groups is 2. The predicted octanol–water partition coefficient (Wildman–Crippen LogP) is 2.29. The summed E-state index contributed by atoms with van der Waals surface area (Å²) in [6, 6.07) is 1.61. The van der Waals surface area contributed by atoms with Crippen LogP contribution in [0.15, 0.2) is 16.8 Å². The number of hydrogen-bond acceptors (Lipinski definition) is 3. The molecular formula is C16H22N2O2S. The van der Waals surface area contributed by atoms with E-state index in [1.165, 1.54) is 5.56 Å². The third kappa shape index (κ3) is 2.59. The number of hydrogen-bond donors (Lipinski definition) is 0. The van der Waals surface area contributed by atoms with E-state index in [9.17, 15) is 9.59 Å². The molecule has 0 radical (unpaired) electrons. The summed E-state index contributed by atoms with van der Waals surface area (Å²) in [5.41, 5.74) is 1.24. The van der Waals surface area contributed by atoms with Crippen LogP contribution in [0.1, 0.15) is 38.7 Å². The van der Waals surface area contributed by atoms with Crippen molar-refractivity contribution in [2.75, 3.05) is 6.54 Å². The first-order chi connectivity index (χ1) is 10.1. The second kappa shape index (κ2) is 5.79. The van der Waals surface area contributed by atoms with Crippen LogP contribution in [0.4, 0.5) is 0 Å². The van der Waals surface area contributed by atoms with Gasteiger partial charge in [0, 0.05) is 12.6 Å². The van der Waals surface area contributed by atoms with Crippen molar-refractivity contribution in [2.45, 2.75) is 57.7 Å². The number of piperidine rings is 1. The summed E-state index contributed by atoms with van der Waals surface area (Å²) in [6.45, 7) is 4.67. The summed E-state index contributed by atoms with van der Waals surface area (Å²) in [5.74, 6) is 0.265. The van der Waals surface area contributed by atoms with Gasteiger partial charge in [0.15, 0.2) is 0 Å². The topological polar surface area (TPSA) is 40.6 Å². The molecule has 2 saturated heterocycles. The summed E-state index contributed by atoms with van der Waals surface area (Å²) in [6.07, 6.45) is 3.70. The van der Waals surface area contributed by atoms with Crippen LogP contribution in [-0.2, 0) is 16.0 Å². The zero-order chi connectivity index (χ0) is 15.0. The second-order valence-electron chi connectivity index (χ2n) is 6.15. The van der Waals surface area contributed by atoms with Gasteiger partial charge in [0.1, 0.15) is 12.1 Å². The SMILES string of the molecule is CC(Cc1ccsc1)N1C(=O)C2CCCCN2C(=O)C1C. The van der Waals surface area contributed by atoms with E-state index >= 15 is 0 Å². The molecule has 114 valence electrons. The maximum Gasteiger partial charge on any atom is 0.246 e. The van der Waals surface area contributed by atoms with Gasteiger partial charge in [-0.05, 0) is 61.9 Å². The molecule has 1 aromatic rings. The van der Waals surface area contributed by atoms with Crippen LogP contribution in [0.5, 0.6) is 0 Å². The van der Waals surface area contributed by atoms with E-state index in [4.69, 9.17) is 0 Å². The minimum atomic E-state index is -0.333. The molecule has 0 N–H and O–H groups in total. The summed E-state index contributed by atoms with van der Waals surface area (Å²) >= 11 is 1.67. The molecule has 21 heavy (non-hydrogen) atoms. The van der Waals surface area contributed by atoms with Crippen molar-refractivity contribution in [3.05, 3.63) is 22.4 Å². The van der Waals surface area contributed by atoms with Gasteiger partial charge in [-0.3, -0.25) is 9.59 Å². The fourth-order valence-electron chi connectivity index (χ4n) is 3.62. The molecule has 1 aromatic heterocycles. The Kier molecular flexibility index (Phi) is 4.02. The molecule has 0 aromatic carbocycles. The van der Waals surface area contributed by atoms with Crippen LogP contribution in [0.3, 0.4) is 0 Å². The Hall–Kier alpha value is -1.36. The Morgan fingerprint density at radius 2 is 2.14 bits per heavy atom. The van der Waals surface area contributed by atoms with E-state index in [0.717, 1.165) is 32.2 Å². The van der Waals surface area contributed by atoms with Crippen molar-refractivity contribution in [3.63, 3.8) is 0 Å². The van der Waals surface area contributed by atoms with Crippen LogP contribution >= 0.6 is 11.3 Å². The molecule has 2 fully saturated rings. The molecule has 2 amide bonds. The number of nitrogens with zero attached hydrogens (tertiary/aromatic N) is 2. The number of thiophene rings is 1. The largest absolute Gasteiger partial charge is 0.329 e. The lowest BCUT2D eigenvalue weighted by atomic mass is 9.94. The monoisotopic (exact) mass is 306 g/mol. The van der Waals surface area contributed by atoms with E-state index in [1.807, 2.05) is 16.7 Å². The summed E-state index contributed by atoms with van der Waals surface area (Å²) < 4.78 is 0. The minimum Gasteiger partial charge on any atom is -0.329 e. The molecule has 2 aliphatic rings.